The summed E-state index contributed by atoms with van der Waals surface area (Å²) in [5.74, 6) is -1.40. The molecular weight excluding hydrogens is 395 g/mol. The molecule has 2 rings (SSSR count). The monoisotopic (exact) mass is 414 g/mol. The topological polar surface area (TPSA) is 92.8 Å². The summed E-state index contributed by atoms with van der Waals surface area (Å²) in [4.78, 5) is 23.9. The molecule has 0 saturated carbocycles. The Hall–Kier alpha value is -2.30. The van der Waals surface area contributed by atoms with Gasteiger partial charge < -0.3 is 10.1 Å². The van der Waals surface area contributed by atoms with Crippen molar-refractivity contribution in [2.75, 3.05) is 26.0 Å². The summed E-state index contributed by atoms with van der Waals surface area (Å²) in [5.41, 5.74) is 0.365. The Labute approximate surface area is 160 Å². The van der Waals surface area contributed by atoms with E-state index in [2.05, 4.69) is 10.1 Å². The minimum absolute atomic E-state index is 0.0168. The number of benzene rings is 1. The number of thiophene rings is 1. The van der Waals surface area contributed by atoms with Gasteiger partial charge in [0.05, 0.1) is 17.7 Å². The van der Waals surface area contributed by atoms with Gasteiger partial charge in [0.15, 0.2) is 0 Å². The van der Waals surface area contributed by atoms with Crippen LogP contribution in [-0.2, 0) is 19.6 Å². The van der Waals surface area contributed by atoms with Gasteiger partial charge in [0.2, 0.25) is 15.9 Å². The number of anilines is 1. The van der Waals surface area contributed by atoms with Crippen molar-refractivity contribution in [1.29, 1.82) is 0 Å². The van der Waals surface area contributed by atoms with Crippen LogP contribution in [0.25, 0.3) is 0 Å². The first-order valence-corrected chi connectivity index (χ1v) is 10.2. The SMILES string of the molecule is COC(=O)c1sccc1NC(=O)CCCN(C)S(=O)(=O)c1ccc(F)cc1. The Morgan fingerprint density at radius 2 is 1.89 bits per heavy atom. The van der Waals surface area contributed by atoms with Gasteiger partial charge >= 0.3 is 5.97 Å². The predicted molar refractivity (Wildman–Crippen MR) is 99.7 cm³/mol. The Balaban J connectivity index is 1.88. The van der Waals surface area contributed by atoms with E-state index in [0.29, 0.717) is 10.6 Å². The molecule has 0 unspecified atom stereocenters. The largest absolute Gasteiger partial charge is 0.465 e. The fraction of sp³-hybridized carbons (Fsp3) is 0.294. The first kappa shape index (κ1) is 21.0. The fourth-order valence-electron chi connectivity index (χ4n) is 2.24. The molecule has 2 aromatic rings. The van der Waals surface area contributed by atoms with E-state index in [-0.39, 0.29) is 30.2 Å². The zero-order valence-corrected chi connectivity index (χ0v) is 16.4. The lowest BCUT2D eigenvalue weighted by Gasteiger charge is -2.17. The maximum absolute atomic E-state index is 12.9. The summed E-state index contributed by atoms with van der Waals surface area (Å²) in [6, 6.07) is 6.14. The number of halogens is 1. The van der Waals surface area contributed by atoms with Crippen LogP contribution in [0.2, 0.25) is 0 Å². The van der Waals surface area contributed by atoms with Crippen LogP contribution in [-0.4, -0.2) is 45.3 Å². The van der Waals surface area contributed by atoms with Crippen molar-refractivity contribution in [1.82, 2.24) is 4.31 Å². The van der Waals surface area contributed by atoms with Crippen molar-refractivity contribution in [3.8, 4) is 0 Å². The molecule has 146 valence electrons. The molecule has 0 radical (unpaired) electrons. The van der Waals surface area contributed by atoms with E-state index in [9.17, 15) is 22.4 Å². The summed E-state index contributed by atoms with van der Waals surface area (Å²) in [7, 11) is -1.10. The second kappa shape index (κ2) is 9.07. The Morgan fingerprint density at radius 3 is 2.52 bits per heavy atom. The van der Waals surface area contributed by atoms with Crippen LogP contribution in [0.4, 0.5) is 10.1 Å². The van der Waals surface area contributed by atoms with Gasteiger partial charge in [0.25, 0.3) is 0 Å². The molecule has 0 saturated heterocycles. The number of rotatable bonds is 8. The van der Waals surface area contributed by atoms with E-state index in [1.807, 2.05) is 0 Å². The standard InChI is InChI=1S/C17H19FN2O5S2/c1-20(27(23,24)13-7-5-12(18)6-8-13)10-3-4-15(21)19-14-9-11-26-16(14)17(22)25-2/h5-9,11H,3-4,10H2,1-2H3,(H,19,21). The van der Waals surface area contributed by atoms with Gasteiger partial charge in [-0.05, 0) is 42.1 Å². The van der Waals surface area contributed by atoms with Gasteiger partial charge in [0, 0.05) is 20.0 Å². The van der Waals surface area contributed by atoms with E-state index in [0.717, 1.165) is 27.8 Å². The first-order chi connectivity index (χ1) is 12.8. The Kier molecular flexibility index (Phi) is 7.05. The lowest BCUT2D eigenvalue weighted by Crippen LogP contribution is -2.28. The Morgan fingerprint density at radius 1 is 1.22 bits per heavy atom. The van der Waals surface area contributed by atoms with Gasteiger partial charge in [-0.2, -0.15) is 0 Å². The smallest absolute Gasteiger partial charge is 0.350 e. The third-order valence-electron chi connectivity index (χ3n) is 3.71. The molecule has 0 aliphatic rings. The van der Waals surface area contributed by atoms with Crippen molar-refractivity contribution in [3.05, 3.63) is 46.4 Å². The van der Waals surface area contributed by atoms with Crippen LogP contribution in [0.15, 0.2) is 40.6 Å². The van der Waals surface area contributed by atoms with Crippen LogP contribution >= 0.6 is 11.3 Å². The fourth-order valence-corrected chi connectivity index (χ4v) is 4.22. The maximum Gasteiger partial charge on any atom is 0.350 e. The molecule has 1 aromatic heterocycles. The number of nitrogens with zero attached hydrogens (tertiary/aromatic N) is 1. The van der Waals surface area contributed by atoms with Crippen LogP contribution in [0, 0.1) is 5.82 Å². The molecule has 27 heavy (non-hydrogen) atoms. The molecule has 0 aliphatic carbocycles. The highest BCUT2D eigenvalue weighted by Crippen LogP contribution is 2.23. The van der Waals surface area contributed by atoms with E-state index < -0.39 is 21.8 Å². The van der Waals surface area contributed by atoms with E-state index in [4.69, 9.17) is 0 Å². The summed E-state index contributed by atoms with van der Waals surface area (Å²) >= 11 is 1.15. The van der Waals surface area contributed by atoms with Gasteiger partial charge in [-0.1, -0.05) is 0 Å². The molecule has 0 bridgehead atoms. The van der Waals surface area contributed by atoms with Crippen molar-refractivity contribution in [3.63, 3.8) is 0 Å². The number of sulfonamides is 1. The first-order valence-electron chi connectivity index (χ1n) is 7.93. The predicted octanol–water partition coefficient (Wildman–Crippen LogP) is 2.71. The molecule has 1 amide bonds. The number of hydrogen-bond donors (Lipinski definition) is 1. The van der Waals surface area contributed by atoms with Crippen molar-refractivity contribution in [2.24, 2.45) is 0 Å². The minimum Gasteiger partial charge on any atom is -0.465 e. The molecule has 0 fully saturated rings. The number of carbonyl (C=O) groups is 2. The highest BCUT2D eigenvalue weighted by atomic mass is 32.2. The third kappa shape index (κ3) is 5.34. The number of esters is 1. The van der Waals surface area contributed by atoms with Crippen molar-refractivity contribution < 1.29 is 27.1 Å². The third-order valence-corrected chi connectivity index (χ3v) is 6.47. The van der Waals surface area contributed by atoms with E-state index in [1.165, 1.54) is 26.3 Å². The van der Waals surface area contributed by atoms with Crippen LogP contribution < -0.4 is 5.32 Å². The van der Waals surface area contributed by atoms with Gasteiger partial charge in [-0.3, -0.25) is 4.79 Å². The summed E-state index contributed by atoms with van der Waals surface area (Å²) < 4.78 is 43.5. The molecule has 0 aliphatic heterocycles. The highest BCUT2D eigenvalue weighted by Gasteiger charge is 2.21. The lowest BCUT2D eigenvalue weighted by molar-refractivity contribution is -0.116. The summed E-state index contributed by atoms with van der Waals surface area (Å²) in [6.07, 6.45) is 0.347. The molecule has 0 atom stereocenters. The number of ether oxygens (including phenoxy) is 1. The quantitative estimate of drug-likeness (QED) is 0.671. The van der Waals surface area contributed by atoms with Crippen molar-refractivity contribution >= 4 is 38.9 Å². The average Bonchev–Trinajstić information content (AvgIpc) is 3.09. The van der Waals surface area contributed by atoms with Gasteiger partial charge in [-0.25, -0.2) is 21.9 Å². The normalized spacial score (nSPS) is 11.4. The summed E-state index contributed by atoms with van der Waals surface area (Å²) in [5, 5.41) is 4.27. The van der Waals surface area contributed by atoms with Crippen LogP contribution in [0.5, 0.6) is 0 Å². The van der Waals surface area contributed by atoms with Crippen molar-refractivity contribution in [2.45, 2.75) is 17.7 Å². The van der Waals surface area contributed by atoms with E-state index in [1.54, 1.807) is 11.4 Å². The molecule has 0 spiro atoms. The second-order valence-corrected chi connectivity index (χ2v) is 8.55. The van der Waals surface area contributed by atoms with Gasteiger partial charge in [-0.15, -0.1) is 11.3 Å². The highest BCUT2D eigenvalue weighted by molar-refractivity contribution is 7.89. The Bertz CT molecular complexity index is 910. The number of nitrogens with one attached hydrogen (secondary N) is 1. The number of hydrogen-bond acceptors (Lipinski definition) is 6. The van der Waals surface area contributed by atoms with E-state index >= 15 is 0 Å². The summed E-state index contributed by atoms with van der Waals surface area (Å²) in [6.45, 7) is 0.112. The molecule has 1 aromatic carbocycles. The number of amides is 1. The zero-order chi connectivity index (χ0) is 20.0. The minimum atomic E-state index is -3.75. The molecular formula is C17H19FN2O5S2. The van der Waals surface area contributed by atoms with Crippen LogP contribution in [0.3, 0.4) is 0 Å². The number of methoxy groups -OCH3 is 1. The molecule has 1 heterocycles. The second-order valence-electron chi connectivity index (χ2n) is 5.59. The molecule has 1 N–H and O–H groups in total. The molecule has 10 heteroatoms. The number of carbonyl (C=O) groups excluding carboxylic acids is 2. The van der Waals surface area contributed by atoms with Crippen LogP contribution in [0.1, 0.15) is 22.5 Å². The zero-order valence-electron chi connectivity index (χ0n) is 14.8. The van der Waals surface area contributed by atoms with Gasteiger partial charge in [0.1, 0.15) is 10.7 Å². The average molecular weight is 414 g/mol. The lowest BCUT2D eigenvalue weighted by atomic mass is 10.3. The maximum atomic E-state index is 12.9. The molecule has 7 nitrogen and oxygen atoms in total.